The molecule has 1 N–H and O–H groups in total. The molecule has 0 aliphatic heterocycles. The predicted molar refractivity (Wildman–Crippen MR) is 183 cm³/mol. The van der Waals surface area contributed by atoms with E-state index in [0.717, 1.165) is 42.4 Å². The van der Waals surface area contributed by atoms with Gasteiger partial charge in [-0.25, -0.2) is 0 Å². The molecule has 0 aromatic heterocycles. The Morgan fingerprint density at radius 3 is 1.19 bits per heavy atom. The molecule has 1 aromatic rings. The fourth-order valence-electron chi connectivity index (χ4n) is 5.51. The summed E-state index contributed by atoms with van der Waals surface area (Å²) in [6.07, 6.45) is 22.5. The summed E-state index contributed by atoms with van der Waals surface area (Å²) in [5, 5.41) is 11.2. The van der Waals surface area contributed by atoms with Crippen LogP contribution >= 0.6 is 7.60 Å². The predicted octanol–water partition coefficient (Wildman–Crippen LogP) is 12.8. The highest BCUT2D eigenvalue weighted by atomic mass is 31.2. The molecule has 4 nitrogen and oxygen atoms in total. The molecule has 0 amide bonds. The van der Waals surface area contributed by atoms with Crippen molar-refractivity contribution >= 4 is 7.60 Å². The molecule has 0 heterocycles. The van der Waals surface area contributed by atoms with Gasteiger partial charge in [0.05, 0.1) is 19.4 Å². The minimum Gasteiger partial charge on any atom is -0.507 e. The van der Waals surface area contributed by atoms with Gasteiger partial charge in [0.15, 0.2) is 0 Å². The number of aromatic hydroxyl groups is 1. The first-order valence-corrected chi connectivity index (χ1v) is 19.3. The zero-order chi connectivity index (χ0) is 31.5. The van der Waals surface area contributed by atoms with E-state index in [2.05, 4.69) is 55.4 Å². The number of phenolic OH excluding ortho intramolecular Hbond substituents is 1. The van der Waals surface area contributed by atoms with Gasteiger partial charge in [-0.15, -0.1) is 0 Å². The van der Waals surface area contributed by atoms with Crippen LogP contribution in [0, 0.1) is 0 Å². The number of unbranched alkanes of at least 4 members (excludes halogenated alkanes) is 16. The highest BCUT2D eigenvalue weighted by Crippen LogP contribution is 2.53. The van der Waals surface area contributed by atoms with Crippen molar-refractivity contribution in [2.75, 3.05) is 13.2 Å². The van der Waals surface area contributed by atoms with Crippen LogP contribution < -0.4 is 0 Å². The summed E-state index contributed by atoms with van der Waals surface area (Å²) in [4.78, 5) is 0. The molecule has 0 aliphatic rings. The van der Waals surface area contributed by atoms with E-state index in [9.17, 15) is 9.67 Å². The second-order valence-electron chi connectivity index (χ2n) is 14.6. The average Bonchev–Trinajstić information content (AvgIpc) is 2.90. The van der Waals surface area contributed by atoms with Crippen molar-refractivity contribution < 1.29 is 18.7 Å². The molecule has 0 aliphatic carbocycles. The lowest BCUT2D eigenvalue weighted by Gasteiger charge is -2.29. The smallest absolute Gasteiger partial charge is 0.335 e. The summed E-state index contributed by atoms with van der Waals surface area (Å²) in [5.41, 5.74) is 2.21. The molecule has 1 aromatic carbocycles. The van der Waals surface area contributed by atoms with Gasteiger partial charge in [0, 0.05) is 0 Å². The van der Waals surface area contributed by atoms with Crippen LogP contribution in [0.1, 0.15) is 188 Å². The van der Waals surface area contributed by atoms with Crippen molar-refractivity contribution in [1.82, 2.24) is 0 Å². The number of benzene rings is 1. The van der Waals surface area contributed by atoms with Crippen molar-refractivity contribution in [3.63, 3.8) is 0 Å². The van der Waals surface area contributed by atoms with Crippen LogP contribution in [0.5, 0.6) is 5.75 Å². The minimum atomic E-state index is -3.33. The SMILES string of the molecule is CCCCCCCCCCCOP(=O)(Cc1cc(C(C)(C)C)c(O)c(C(C)(C)C)c1)OCCCCCCCCCCC. The van der Waals surface area contributed by atoms with Crippen LogP contribution in [0.3, 0.4) is 0 Å². The Hall–Kier alpha value is -0.830. The maximum atomic E-state index is 14.2. The number of hydrogen-bond acceptors (Lipinski definition) is 4. The van der Waals surface area contributed by atoms with Gasteiger partial charge in [-0.1, -0.05) is 170 Å². The van der Waals surface area contributed by atoms with E-state index in [1.807, 2.05) is 12.1 Å². The number of rotatable bonds is 24. The summed E-state index contributed by atoms with van der Waals surface area (Å²) in [7, 11) is -3.33. The summed E-state index contributed by atoms with van der Waals surface area (Å²) in [5.74, 6) is 0.347. The molecule has 0 saturated carbocycles. The minimum absolute atomic E-state index is 0.237. The summed E-state index contributed by atoms with van der Waals surface area (Å²) >= 11 is 0. The van der Waals surface area contributed by atoms with Crippen LogP contribution in [0.2, 0.25) is 0 Å². The fraction of sp³-hybridized carbons (Fsp3) is 0.838. The molecule has 0 saturated heterocycles. The Bertz CT molecular complexity index is 818. The topological polar surface area (TPSA) is 55.8 Å². The van der Waals surface area contributed by atoms with Gasteiger partial charge in [-0.3, -0.25) is 4.57 Å². The molecule has 0 spiro atoms. The van der Waals surface area contributed by atoms with E-state index in [1.54, 1.807) is 0 Å². The molecule has 5 heteroatoms. The van der Waals surface area contributed by atoms with Gasteiger partial charge in [-0.05, 0) is 40.4 Å². The standard InChI is InChI=1S/C37H69O4P/c1-9-11-13-15-17-19-21-23-25-27-40-42(39,41-28-26-24-22-20-18-16-14-12-10-2)31-32-29-33(36(3,4)5)35(38)34(30-32)37(6,7)8/h29-30,38H,9-28,31H2,1-8H3. The van der Waals surface area contributed by atoms with Gasteiger partial charge in [0.1, 0.15) is 5.75 Å². The second kappa shape index (κ2) is 21.0. The lowest BCUT2D eigenvalue weighted by atomic mass is 9.78. The quantitative estimate of drug-likeness (QED) is 0.0937. The van der Waals surface area contributed by atoms with E-state index in [4.69, 9.17) is 9.05 Å². The van der Waals surface area contributed by atoms with E-state index < -0.39 is 7.60 Å². The monoisotopic (exact) mass is 608 g/mol. The number of phenols is 1. The van der Waals surface area contributed by atoms with Crippen molar-refractivity contribution in [3.8, 4) is 5.75 Å². The summed E-state index contributed by atoms with van der Waals surface area (Å²) in [6, 6.07) is 4.03. The number of hydrogen-bond donors (Lipinski definition) is 1. The molecular weight excluding hydrogens is 539 g/mol. The Kier molecular flexibility index (Phi) is 19.6. The molecule has 42 heavy (non-hydrogen) atoms. The van der Waals surface area contributed by atoms with Crippen molar-refractivity contribution in [2.45, 2.75) is 188 Å². The van der Waals surface area contributed by atoms with E-state index in [1.165, 1.54) is 89.9 Å². The molecule has 0 unspecified atom stereocenters. The van der Waals surface area contributed by atoms with E-state index >= 15 is 0 Å². The van der Waals surface area contributed by atoms with Crippen molar-refractivity contribution in [1.29, 1.82) is 0 Å². The Morgan fingerprint density at radius 2 is 0.881 bits per heavy atom. The highest BCUT2D eigenvalue weighted by molar-refractivity contribution is 7.53. The lowest BCUT2D eigenvalue weighted by molar-refractivity contribution is 0.196. The Labute approximate surface area is 261 Å². The van der Waals surface area contributed by atoms with Gasteiger partial charge < -0.3 is 14.2 Å². The van der Waals surface area contributed by atoms with Crippen LogP contribution in [-0.4, -0.2) is 18.3 Å². The lowest BCUT2D eigenvalue weighted by Crippen LogP contribution is -2.18. The first-order valence-electron chi connectivity index (χ1n) is 17.6. The summed E-state index contributed by atoms with van der Waals surface area (Å²) in [6.45, 7) is 18.1. The average molecular weight is 609 g/mol. The first-order chi connectivity index (χ1) is 19.8. The van der Waals surface area contributed by atoms with Crippen LogP contribution in [0.25, 0.3) is 0 Å². The third-order valence-corrected chi connectivity index (χ3v) is 10.1. The molecule has 0 radical (unpaired) electrons. The molecule has 0 atom stereocenters. The molecule has 246 valence electrons. The maximum absolute atomic E-state index is 14.2. The molecule has 0 bridgehead atoms. The molecular formula is C37H69O4P. The van der Waals surface area contributed by atoms with Crippen molar-refractivity contribution in [2.24, 2.45) is 0 Å². The zero-order valence-corrected chi connectivity index (χ0v) is 30.0. The van der Waals surface area contributed by atoms with Crippen LogP contribution in [0.15, 0.2) is 12.1 Å². The van der Waals surface area contributed by atoms with E-state index in [0.29, 0.717) is 19.0 Å². The second-order valence-corrected chi connectivity index (χ2v) is 16.7. The maximum Gasteiger partial charge on any atom is 0.335 e. The molecule has 1 rings (SSSR count). The van der Waals surface area contributed by atoms with Crippen LogP contribution in [-0.2, 0) is 30.6 Å². The van der Waals surface area contributed by atoms with Crippen LogP contribution in [0.4, 0.5) is 0 Å². The van der Waals surface area contributed by atoms with E-state index in [-0.39, 0.29) is 17.0 Å². The van der Waals surface area contributed by atoms with Crippen molar-refractivity contribution in [3.05, 3.63) is 28.8 Å². The Morgan fingerprint density at radius 1 is 0.571 bits per heavy atom. The van der Waals surface area contributed by atoms with Gasteiger partial charge in [-0.2, -0.15) is 0 Å². The summed E-state index contributed by atoms with van der Waals surface area (Å²) < 4.78 is 26.4. The largest absolute Gasteiger partial charge is 0.507 e. The Balaban J connectivity index is 2.81. The van der Waals surface area contributed by atoms with Gasteiger partial charge in [0.2, 0.25) is 0 Å². The molecule has 0 fully saturated rings. The van der Waals surface area contributed by atoms with Gasteiger partial charge >= 0.3 is 7.60 Å². The third-order valence-electron chi connectivity index (χ3n) is 8.23. The van der Waals surface area contributed by atoms with Gasteiger partial charge in [0.25, 0.3) is 0 Å². The first kappa shape index (κ1) is 39.2. The fourth-order valence-corrected chi connectivity index (χ4v) is 7.22. The third kappa shape index (κ3) is 16.9. The zero-order valence-electron chi connectivity index (χ0n) is 29.1. The normalized spacial score (nSPS) is 12.8. The highest BCUT2D eigenvalue weighted by Gasteiger charge is 2.30.